The van der Waals surface area contributed by atoms with Gasteiger partial charge in [0.1, 0.15) is 4.88 Å². The van der Waals surface area contributed by atoms with Crippen LogP contribution in [0.25, 0.3) is 0 Å². The molecule has 1 N–H and O–H groups in total. The summed E-state index contributed by atoms with van der Waals surface area (Å²) in [5.41, 5.74) is 0. The lowest BCUT2D eigenvalue weighted by molar-refractivity contribution is 0.0606. The molecule has 0 radical (unpaired) electrons. The second-order valence-corrected chi connectivity index (χ2v) is 4.66. The standard InChI is InChI=1S/C10H14N2O2S/c1-14-10(13)8-6-12-9(15-8)7-3-2-4-11-5-7/h6-7,11H,2-5H2,1H3/t7-/m1/s1. The number of hydrogen-bond donors (Lipinski definition) is 1. The lowest BCUT2D eigenvalue weighted by atomic mass is 10.0. The van der Waals surface area contributed by atoms with Crippen molar-refractivity contribution in [2.75, 3.05) is 20.2 Å². The Balaban J connectivity index is 2.08. The molecule has 0 aliphatic carbocycles. The second-order valence-electron chi connectivity index (χ2n) is 3.60. The maximum atomic E-state index is 11.2. The minimum Gasteiger partial charge on any atom is -0.465 e. The average Bonchev–Trinajstić information content (AvgIpc) is 2.78. The van der Waals surface area contributed by atoms with Crippen molar-refractivity contribution < 1.29 is 9.53 Å². The molecule has 1 fully saturated rings. The van der Waals surface area contributed by atoms with Gasteiger partial charge < -0.3 is 10.1 Å². The van der Waals surface area contributed by atoms with E-state index in [0.29, 0.717) is 10.8 Å². The number of piperidine rings is 1. The molecule has 0 amide bonds. The first-order valence-corrected chi connectivity index (χ1v) is 5.87. The van der Waals surface area contributed by atoms with Crippen molar-refractivity contribution in [1.29, 1.82) is 0 Å². The van der Waals surface area contributed by atoms with Crippen molar-refractivity contribution in [3.05, 3.63) is 16.1 Å². The third-order valence-corrected chi connectivity index (χ3v) is 3.70. The molecule has 1 aliphatic heterocycles. The summed E-state index contributed by atoms with van der Waals surface area (Å²) < 4.78 is 4.65. The molecule has 1 aromatic rings. The van der Waals surface area contributed by atoms with Gasteiger partial charge in [-0.2, -0.15) is 0 Å². The predicted molar refractivity (Wildman–Crippen MR) is 58.3 cm³/mol. The van der Waals surface area contributed by atoms with Crippen LogP contribution in [0.1, 0.15) is 33.4 Å². The average molecular weight is 226 g/mol. The van der Waals surface area contributed by atoms with E-state index in [2.05, 4.69) is 15.0 Å². The zero-order valence-electron chi connectivity index (χ0n) is 8.66. The quantitative estimate of drug-likeness (QED) is 0.774. The van der Waals surface area contributed by atoms with Crippen LogP contribution >= 0.6 is 11.3 Å². The van der Waals surface area contributed by atoms with Crippen molar-refractivity contribution in [3.8, 4) is 0 Å². The molecule has 1 atom stereocenters. The first-order valence-electron chi connectivity index (χ1n) is 5.06. The molecule has 4 nitrogen and oxygen atoms in total. The maximum absolute atomic E-state index is 11.2. The summed E-state index contributed by atoms with van der Waals surface area (Å²) in [4.78, 5) is 16.1. The summed E-state index contributed by atoms with van der Waals surface area (Å²) in [5.74, 6) is 0.171. The summed E-state index contributed by atoms with van der Waals surface area (Å²) in [5, 5.41) is 4.38. The first-order chi connectivity index (χ1) is 7.31. The molecule has 1 aromatic heterocycles. The Bertz CT molecular complexity index is 345. The van der Waals surface area contributed by atoms with Gasteiger partial charge in [0.2, 0.25) is 0 Å². The molecule has 15 heavy (non-hydrogen) atoms. The van der Waals surface area contributed by atoms with Crippen molar-refractivity contribution >= 4 is 17.3 Å². The van der Waals surface area contributed by atoms with Gasteiger partial charge >= 0.3 is 5.97 Å². The summed E-state index contributed by atoms with van der Waals surface area (Å²) in [7, 11) is 1.39. The molecule has 1 saturated heterocycles. The van der Waals surface area contributed by atoms with Crippen LogP contribution in [-0.2, 0) is 4.74 Å². The molecule has 0 spiro atoms. The zero-order chi connectivity index (χ0) is 10.7. The van der Waals surface area contributed by atoms with E-state index in [1.54, 1.807) is 6.20 Å². The van der Waals surface area contributed by atoms with Gasteiger partial charge in [-0.3, -0.25) is 0 Å². The van der Waals surface area contributed by atoms with E-state index in [9.17, 15) is 4.79 Å². The highest BCUT2D eigenvalue weighted by Crippen LogP contribution is 2.27. The van der Waals surface area contributed by atoms with Gasteiger partial charge in [-0.15, -0.1) is 11.3 Å². The minimum atomic E-state index is -0.289. The Labute approximate surface area is 92.7 Å². The Kier molecular flexibility index (Phi) is 3.33. The fourth-order valence-electron chi connectivity index (χ4n) is 1.73. The molecule has 82 valence electrons. The van der Waals surface area contributed by atoms with Crippen LogP contribution in [0.5, 0.6) is 0 Å². The van der Waals surface area contributed by atoms with Crippen LogP contribution in [0.4, 0.5) is 0 Å². The summed E-state index contributed by atoms with van der Waals surface area (Å²) in [6.45, 7) is 2.06. The number of hydrogen-bond acceptors (Lipinski definition) is 5. The summed E-state index contributed by atoms with van der Waals surface area (Å²) in [6.07, 6.45) is 3.94. The van der Waals surface area contributed by atoms with E-state index in [1.165, 1.54) is 24.9 Å². The van der Waals surface area contributed by atoms with E-state index in [0.717, 1.165) is 24.5 Å². The molecular formula is C10H14N2O2S. The predicted octanol–water partition coefficient (Wildman–Crippen LogP) is 1.40. The lowest BCUT2D eigenvalue weighted by Crippen LogP contribution is -2.28. The Morgan fingerprint density at radius 3 is 3.27 bits per heavy atom. The smallest absolute Gasteiger partial charge is 0.349 e. The molecule has 1 aliphatic rings. The van der Waals surface area contributed by atoms with E-state index in [1.807, 2.05) is 0 Å². The number of thiazole rings is 1. The SMILES string of the molecule is COC(=O)c1cnc([C@@H]2CCCNC2)s1. The topological polar surface area (TPSA) is 51.2 Å². The number of carbonyl (C=O) groups is 1. The molecule has 0 saturated carbocycles. The second kappa shape index (κ2) is 4.72. The highest BCUT2D eigenvalue weighted by atomic mass is 32.1. The van der Waals surface area contributed by atoms with E-state index in [4.69, 9.17) is 0 Å². The number of methoxy groups -OCH3 is 1. The number of aromatic nitrogens is 1. The number of nitrogens with one attached hydrogen (secondary N) is 1. The first kappa shape index (κ1) is 10.6. The number of carbonyl (C=O) groups excluding carboxylic acids is 1. The van der Waals surface area contributed by atoms with E-state index in [-0.39, 0.29) is 5.97 Å². The van der Waals surface area contributed by atoms with Gasteiger partial charge in [-0.1, -0.05) is 0 Å². The highest BCUT2D eigenvalue weighted by Gasteiger charge is 2.20. The van der Waals surface area contributed by atoms with Gasteiger partial charge in [0.15, 0.2) is 0 Å². The van der Waals surface area contributed by atoms with Gasteiger partial charge in [0.05, 0.1) is 18.3 Å². The summed E-state index contributed by atoms with van der Waals surface area (Å²) >= 11 is 1.45. The van der Waals surface area contributed by atoms with Crippen molar-refractivity contribution in [2.24, 2.45) is 0 Å². The van der Waals surface area contributed by atoms with E-state index < -0.39 is 0 Å². The molecular weight excluding hydrogens is 212 g/mol. The van der Waals surface area contributed by atoms with Crippen LogP contribution in [0.3, 0.4) is 0 Å². The van der Waals surface area contributed by atoms with Crippen molar-refractivity contribution in [1.82, 2.24) is 10.3 Å². The van der Waals surface area contributed by atoms with Crippen LogP contribution in [0.2, 0.25) is 0 Å². The summed E-state index contributed by atoms with van der Waals surface area (Å²) in [6, 6.07) is 0. The fraction of sp³-hybridized carbons (Fsp3) is 0.600. The molecule has 0 bridgehead atoms. The molecule has 5 heteroatoms. The largest absolute Gasteiger partial charge is 0.465 e. The van der Waals surface area contributed by atoms with Crippen molar-refractivity contribution in [3.63, 3.8) is 0 Å². The van der Waals surface area contributed by atoms with Crippen LogP contribution in [-0.4, -0.2) is 31.2 Å². The normalized spacial score (nSPS) is 21.3. The number of nitrogens with zero attached hydrogens (tertiary/aromatic N) is 1. The molecule has 0 aromatic carbocycles. The van der Waals surface area contributed by atoms with E-state index >= 15 is 0 Å². The number of esters is 1. The Morgan fingerprint density at radius 1 is 1.73 bits per heavy atom. The Hall–Kier alpha value is -0.940. The van der Waals surface area contributed by atoms with Crippen molar-refractivity contribution in [2.45, 2.75) is 18.8 Å². The Morgan fingerprint density at radius 2 is 2.60 bits per heavy atom. The third kappa shape index (κ3) is 2.35. The lowest BCUT2D eigenvalue weighted by Gasteiger charge is -2.20. The van der Waals surface area contributed by atoms with Crippen LogP contribution in [0, 0.1) is 0 Å². The minimum absolute atomic E-state index is 0.289. The third-order valence-electron chi connectivity index (χ3n) is 2.56. The van der Waals surface area contributed by atoms with Crippen LogP contribution < -0.4 is 5.32 Å². The molecule has 2 rings (SSSR count). The highest BCUT2D eigenvalue weighted by molar-refractivity contribution is 7.13. The number of rotatable bonds is 2. The number of ether oxygens (including phenoxy) is 1. The van der Waals surface area contributed by atoms with Crippen LogP contribution in [0.15, 0.2) is 6.20 Å². The maximum Gasteiger partial charge on any atom is 0.349 e. The van der Waals surface area contributed by atoms with Gasteiger partial charge in [-0.05, 0) is 19.4 Å². The zero-order valence-corrected chi connectivity index (χ0v) is 9.47. The monoisotopic (exact) mass is 226 g/mol. The molecule has 2 heterocycles. The van der Waals surface area contributed by atoms with Gasteiger partial charge in [0.25, 0.3) is 0 Å². The van der Waals surface area contributed by atoms with Gasteiger partial charge in [-0.25, -0.2) is 9.78 Å². The fourth-order valence-corrected chi connectivity index (χ4v) is 2.70. The van der Waals surface area contributed by atoms with Gasteiger partial charge in [0, 0.05) is 12.5 Å². The molecule has 0 unspecified atom stereocenters.